The van der Waals surface area contributed by atoms with E-state index in [1.165, 1.54) is 11.0 Å². The Hall–Kier alpha value is -2.96. The second-order valence-electron chi connectivity index (χ2n) is 4.53. The van der Waals surface area contributed by atoms with Gasteiger partial charge in [0.2, 0.25) is 0 Å². The highest BCUT2D eigenvalue weighted by molar-refractivity contribution is 5.90. The van der Waals surface area contributed by atoms with Crippen molar-refractivity contribution in [2.24, 2.45) is 0 Å². The van der Waals surface area contributed by atoms with Crippen LogP contribution in [0.25, 0.3) is 0 Å². The fraction of sp³-hybridized carbons (Fsp3) is 0.143. The minimum atomic E-state index is -0.307. The SMILES string of the molecule is CC(c1ccn(C(=O)Nc2ccccc2)n1)n1cncn1. The van der Waals surface area contributed by atoms with Crippen LogP contribution in [0.5, 0.6) is 0 Å². The minimum absolute atomic E-state index is 0.0849. The second kappa shape index (κ2) is 5.58. The summed E-state index contributed by atoms with van der Waals surface area (Å²) in [6.45, 7) is 1.94. The van der Waals surface area contributed by atoms with Crippen LogP contribution in [0.1, 0.15) is 18.7 Å². The molecule has 0 radical (unpaired) electrons. The lowest BCUT2D eigenvalue weighted by atomic mass is 10.2. The van der Waals surface area contributed by atoms with Gasteiger partial charge in [-0.25, -0.2) is 14.5 Å². The van der Waals surface area contributed by atoms with Gasteiger partial charge in [0.05, 0.1) is 11.7 Å². The Morgan fingerprint density at radius 3 is 2.76 bits per heavy atom. The Bertz CT molecular complexity index is 719. The van der Waals surface area contributed by atoms with Crippen molar-refractivity contribution >= 4 is 11.7 Å². The molecule has 0 aliphatic carbocycles. The first-order chi connectivity index (χ1) is 10.2. The molecule has 2 aromatic heterocycles. The van der Waals surface area contributed by atoms with Gasteiger partial charge in [-0.05, 0) is 25.1 Å². The predicted octanol–water partition coefficient (Wildman–Crippen LogP) is 2.16. The molecule has 0 bridgehead atoms. The van der Waals surface area contributed by atoms with Gasteiger partial charge in [-0.15, -0.1) is 0 Å². The smallest absolute Gasteiger partial charge is 0.306 e. The molecule has 0 saturated heterocycles. The van der Waals surface area contributed by atoms with Crippen molar-refractivity contribution in [1.29, 1.82) is 0 Å². The van der Waals surface area contributed by atoms with Crippen LogP contribution in [0.4, 0.5) is 10.5 Å². The largest absolute Gasteiger partial charge is 0.346 e. The molecule has 1 aromatic carbocycles. The molecule has 3 rings (SSSR count). The lowest BCUT2D eigenvalue weighted by molar-refractivity contribution is 0.250. The molecular formula is C14H14N6O. The summed E-state index contributed by atoms with van der Waals surface area (Å²) in [5.74, 6) is 0. The highest BCUT2D eigenvalue weighted by Gasteiger charge is 2.14. The number of nitrogens with zero attached hydrogens (tertiary/aromatic N) is 5. The number of carbonyl (C=O) groups excluding carboxylic acids is 1. The number of aromatic nitrogens is 5. The zero-order chi connectivity index (χ0) is 14.7. The number of rotatable bonds is 3. The molecule has 7 heteroatoms. The van der Waals surface area contributed by atoms with Crippen molar-refractivity contribution in [2.45, 2.75) is 13.0 Å². The maximum Gasteiger partial charge on any atom is 0.346 e. The van der Waals surface area contributed by atoms with Crippen LogP contribution in [0.2, 0.25) is 0 Å². The van der Waals surface area contributed by atoms with Crippen LogP contribution in [0, 0.1) is 0 Å². The monoisotopic (exact) mass is 282 g/mol. The fourth-order valence-electron chi connectivity index (χ4n) is 1.93. The van der Waals surface area contributed by atoms with E-state index in [0.29, 0.717) is 0 Å². The van der Waals surface area contributed by atoms with E-state index in [1.54, 1.807) is 23.3 Å². The number of anilines is 1. The third-order valence-corrected chi connectivity index (χ3v) is 3.10. The highest BCUT2D eigenvalue weighted by Crippen LogP contribution is 2.14. The van der Waals surface area contributed by atoms with Crippen molar-refractivity contribution in [3.63, 3.8) is 0 Å². The maximum absolute atomic E-state index is 12.1. The summed E-state index contributed by atoms with van der Waals surface area (Å²) in [7, 11) is 0. The number of hydrogen-bond donors (Lipinski definition) is 1. The molecule has 2 heterocycles. The molecule has 1 unspecified atom stereocenters. The lowest BCUT2D eigenvalue weighted by Crippen LogP contribution is -2.20. The predicted molar refractivity (Wildman–Crippen MR) is 76.9 cm³/mol. The molecule has 1 N–H and O–H groups in total. The molecular weight excluding hydrogens is 268 g/mol. The normalized spacial score (nSPS) is 12.0. The van der Waals surface area contributed by atoms with Crippen molar-refractivity contribution in [3.05, 3.63) is 60.9 Å². The Morgan fingerprint density at radius 1 is 1.24 bits per heavy atom. The van der Waals surface area contributed by atoms with Crippen LogP contribution in [0.15, 0.2) is 55.2 Å². The van der Waals surface area contributed by atoms with Crippen LogP contribution < -0.4 is 5.32 Å². The zero-order valence-electron chi connectivity index (χ0n) is 11.4. The fourth-order valence-corrected chi connectivity index (χ4v) is 1.93. The molecule has 106 valence electrons. The average molecular weight is 282 g/mol. The van der Waals surface area contributed by atoms with E-state index in [4.69, 9.17) is 0 Å². The van der Waals surface area contributed by atoms with E-state index >= 15 is 0 Å². The third kappa shape index (κ3) is 2.81. The number of hydrogen-bond acceptors (Lipinski definition) is 4. The number of para-hydroxylation sites is 1. The van der Waals surface area contributed by atoms with Gasteiger partial charge in [0.15, 0.2) is 0 Å². The van der Waals surface area contributed by atoms with E-state index < -0.39 is 0 Å². The van der Waals surface area contributed by atoms with Gasteiger partial charge in [-0.1, -0.05) is 18.2 Å². The van der Waals surface area contributed by atoms with Gasteiger partial charge < -0.3 is 5.32 Å². The highest BCUT2D eigenvalue weighted by atomic mass is 16.2. The molecule has 3 aromatic rings. The van der Waals surface area contributed by atoms with Crippen LogP contribution >= 0.6 is 0 Å². The molecule has 0 aliphatic heterocycles. The molecule has 1 amide bonds. The van der Waals surface area contributed by atoms with Gasteiger partial charge in [0.1, 0.15) is 12.7 Å². The topological polar surface area (TPSA) is 77.6 Å². The van der Waals surface area contributed by atoms with Crippen molar-refractivity contribution < 1.29 is 4.79 Å². The molecule has 0 aliphatic rings. The quantitative estimate of drug-likeness (QED) is 0.798. The van der Waals surface area contributed by atoms with Gasteiger partial charge in [-0.2, -0.15) is 14.9 Å². The van der Waals surface area contributed by atoms with E-state index in [2.05, 4.69) is 20.5 Å². The minimum Gasteiger partial charge on any atom is -0.306 e. The van der Waals surface area contributed by atoms with Crippen molar-refractivity contribution in [1.82, 2.24) is 24.5 Å². The summed E-state index contributed by atoms with van der Waals surface area (Å²) in [6, 6.07) is 10.6. The maximum atomic E-state index is 12.1. The number of benzene rings is 1. The van der Waals surface area contributed by atoms with E-state index in [1.807, 2.05) is 37.3 Å². The van der Waals surface area contributed by atoms with Crippen molar-refractivity contribution in [3.8, 4) is 0 Å². The molecule has 21 heavy (non-hydrogen) atoms. The molecule has 7 nitrogen and oxygen atoms in total. The van der Waals surface area contributed by atoms with Crippen LogP contribution in [-0.2, 0) is 0 Å². The Morgan fingerprint density at radius 2 is 2.05 bits per heavy atom. The van der Waals surface area contributed by atoms with E-state index in [9.17, 15) is 4.79 Å². The molecule has 0 fully saturated rings. The first kappa shape index (κ1) is 13.0. The Kier molecular flexibility index (Phi) is 3.46. The Labute approximate surface area is 121 Å². The van der Waals surface area contributed by atoms with Gasteiger partial charge in [-0.3, -0.25) is 0 Å². The van der Waals surface area contributed by atoms with Gasteiger partial charge in [0.25, 0.3) is 0 Å². The summed E-state index contributed by atoms with van der Waals surface area (Å²) in [6.07, 6.45) is 4.71. The standard InChI is InChI=1S/C14H14N6O/c1-11(20-10-15-9-16-20)13-7-8-19(18-13)14(21)17-12-5-3-2-4-6-12/h2-11H,1H3,(H,17,21). The number of amides is 1. The van der Waals surface area contributed by atoms with E-state index in [-0.39, 0.29) is 12.1 Å². The number of carbonyl (C=O) groups is 1. The zero-order valence-corrected chi connectivity index (χ0v) is 11.4. The average Bonchev–Trinajstić information content (AvgIpc) is 3.19. The van der Waals surface area contributed by atoms with Crippen molar-refractivity contribution in [2.75, 3.05) is 5.32 Å². The van der Waals surface area contributed by atoms with Gasteiger partial charge in [0, 0.05) is 11.9 Å². The molecule has 0 saturated carbocycles. The molecule has 0 spiro atoms. The summed E-state index contributed by atoms with van der Waals surface area (Å²) in [5, 5.41) is 11.1. The first-order valence-corrected chi connectivity index (χ1v) is 6.50. The number of nitrogens with one attached hydrogen (secondary N) is 1. The second-order valence-corrected chi connectivity index (χ2v) is 4.53. The van der Waals surface area contributed by atoms with Gasteiger partial charge >= 0.3 is 6.03 Å². The van der Waals surface area contributed by atoms with Crippen LogP contribution in [0.3, 0.4) is 0 Å². The van der Waals surface area contributed by atoms with Crippen LogP contribution in [-0.4, -0.2) is 30.6 Å². The summed E-state index contributed by atoms with van der Waals surface area (Å²) in [4.78, 5) is 16.0. The molecule has 1 atom stereocenters. The summed E-state index contributed by atoms with van der Waals surface area (Å²) < 4.78 is 2.96. The lowest BCUT2D eigenvalue weighted by Gasteiger charge is -2.08. The van der Waals surface area contributed by atoms with E-state index in [0.717, 1.165) is 11.4 Å². The first-order valence-electron chi connectivity index (χ1n) is 6.50. The summed E-state index contributed by atoms with van der Waals surface area (Å²) >= 11 is 0. The third-order valence-electron chi connectivity index (χ3n) is 3.10. The summed E-state index contributed by atoms with van der Waals surface area (Å²) in [5.41, 5.74) is 1.47. The Balaban J connectivity index is 1.74.